The zero-order chi connectivity index (χ0) is 18.5. The van der Waals surface area contributed by atoms with Gasteiger partial charge in [-0.05, 0) is 72.5 Å². The lowest BCUT2D eigenvalue weighted by molar-refractivity contribution is 0.269. The molecular formula is C21H39IN4. The van der Waals surface area contributed by atoms with Gasteiger partial charge in [-0.25, -0.2) is 0 Å². The van der Waals surface area contributed by atoms with Gasteiger partial charge in [0.2, 0.25) is 0 Å². The molecule has 26 heavy (non-hydrogen) atoms. The van der Waals surface area contributed by atoms with Gasteiger partial charge in [0.1, 0.15) is 0 Å². The third-order valence-electron chi connectivity index (χ3n) is 4.51. The molecule has 0 saturated heterocycles. The maximum Gasteiger partial charge on any atom is 0.191 e. The van der Waals surface area contributed by atoms with Crippen LogP contribution in [0.4, 0.5) is 0 Å². The number of hydrogen-bond donors (Lipinski definition) is 2. The molecule has 0 fully saturated rings. The third kappa shape index (κ3) is 11.7. The zero-order valence-corrected chi connectivity index (χ0v) is 19.6. The minimum atomic E-state index is 0. The van der Waals surface area contributed by atoms with Crippen molar-refractivity contribution in [3.05, 3.63) is 35.9 Å². The lowest BCUT2D eigenvalue weighted by atomic mass is 10.1. The first-order valence-electron chi connectivity index (χ1n) is 9.82. The van der Waals surface area contributed by atoms with Crippen molar-refractivity contribution in [1.82, 2.24) is 15.5 Å². The van der Waals surface area contributed by atoms with Crippen LogP contribution in [-0.2, 0) is 6.42 Å². The van der Waals surface area contributed by atoms with E-state index in [1.54, 1.807) is 0 Å². The number of unbranched alkanes of at least 4 members (excludes halogenated alkanes) is 1. The van der Waals surface area contributed by atoms with Gasteiger partial charge in [0.25, 0.3) is 0 Å². The molecule has 1 unspecified atom stereocenters. The highest BCUT2D eigenvalue weighted by Crippen LogP contribution is 2.05. The monoisotopic (exact) mass is 474 g/mol. The zero-order valence-electron chi connectivity index (χ0n) is 17.3. The van der Waals surface area contributed by atoms with Crippen molar-refractivity contribution in [2.45, 2.75) is 65.5 Å². The van der Waals surface area contributed by atoms with E-state index in [4.69, 9.17) is 4.99 Å². The van der Waals surface area contributed by atoms with Crippen molar-refractivity contribution in [2.75, 3.05) is 26.7 Å². The van der Waals surface area contributed by atoms with Crippen LogP contribution in [0.1, 0.15) is 52.5 Å². The van der Waals surface area contributed by atoms with Crippen LogP contribution < -0.4 is 10.6 Å². The van der Waals surface area contributed by atoms with E-state index in [9.17, 15) is 0 Å². The molecule has 1 rings (SSSR count). The SMILES string of the molecule is CCNC(=NCCCCN(C)C(C)C)NC(C)CCc1ccccc1.I. The highest BCUT2D eigenvalue weighted by Gasteiger charge is 2.06. The fourth-order valence-corrected chi connectivity index (χ4v) is 2.58. The molecule has 0 spiro atoms. The summed E-state index contributed by atoms with van der Waals surface area (Å²) in [5, 5.41) is 6.89. The molecule has 1 aromatic rings. The van der Waals surface area contributed by atoms with Gasteiger partial charge < -0.3 is 15.5 Å². The van der Waals surface area contributed by atoms with Crippen LogP contribution in [0.5, 0.6) is 0 Å². The van der Waals surface area contributed by atoms with Crippen LogP contribution in [0.3, 0.4) is 0 Å². The Kier molecular flexibility index (Phi) is 14.8. The second-order valence-electron chi connectivity index (χ2n) is 7.11. The minimum Gasteiger partial charge on any atom is -0.357 e. The number of nitrogens with one attached hydrogen (secondary N) is 2. The Morgan fingerprint density at radius 2 is 1.81 bits per heavy atom. The standard InChI is InChI=1S/C21H38N4.HI/c1-6-22-21(23-16-10-11-17-25(5)18(2)3)24-19(4)14-15-20-12-8-7-9-13-20;/h7-9,12-13,18-19H,6,10-11,14-17H2,1-5H3,(H2,22,23,24);1H. The smallest absolute Gasteiger partial charge is 0.191 e. The first-order valence-corrected chi connectivity index (χ1v) is 9.82. The van der Waals surface area contributed by atoms with Gasteiger partial charge in [-0.15, -0.1) is 24.0 Å². The normalized spacial score (nSPS) is 12.8. The molecule has 2 N–H and O–H groups in total. The number of aryl methyl sites for hydroxylation is 1. The Morgan fingerprint density at radius 1 is 1.12 bits per heavy atom. The van der Waals surface area contributed by atoms with Gasteiger partial charge in [0.05, 0.1) is 0 Å². The van der Waals surface area contributed by atoms with E-state index < -0.39 is 0 Å². The highest BCUT2D eigenvalue weighted by molar-refractivity contribution is 14.0. The lowest BCUT2D eigenvalue weighted by Crippen LogP contribution is -2.42. The summed E-state index contributed by atoms with van der Waals surface area (Å²) in [6.45, 7) is 11.7. The van der Waals surface area contributed by atoms with Crippen LogP contribution >= 0.6 is 24.0 Å². The molecule has 5 heteroatoms. The van der Waals surface area contributed by atoms with Crippen LogP contribution in [0.25, 0.3) is 0 Å². The minimum absolute atomic E-state index is 0. The fraction of sp³-hybridized carbons (Fsp3) is 0.667. The van der Waals surface area contributed by atoms with Crippen molar-refractivity contribution in [2.24, 2.45) is 4.99 Å². The average Bonchev–Trinajstić information content (AvgIpc) is 2.60. The van der Waals surface area contributed by atoms with Crippen molar-refractivity contribution in [3.63, 3.8) is 0 Å². The molecule has 0 saturated carbocycles. The van der Waals surface area contributed by atoms with Gasteiger partial charge in [0, 0.05) is 25.2 Å². The Morgan fingerprint density at radius 3 is 2.42 bits per heavy atom. The van der Waals surface area contributed by atoms with Gasteiger partial charge in [-0.1, -0.05) is 30.3 Å². The number of guanidine groups is 1. The summed E-state index contributed by atoms with van der Waals surface area (Å²) >= 11 is 0. The summed E-state index contributed by atoms with van der Waals surface area (Å²) in [5.74, 6) is 0.945. The molecule has 4 nitrogen and oxygen atoms in total. The molecule has 0 radical (unpaired) electrons. The number of aliphatic imine (C=N–C) groups is 1. The largest absolute Gasteiger partial charge is 0.357 e. The summed E-state index contributed by atoms with van der Waals surface area (Å²) in [6, 6.07) is 11.7. The lowest BCUT2D eigenvalue weighted by Gasteiger charge is -2.20. The summed E-state index contributed by atoms with van der Waals surface area (Å²) in [4.78, 5) is 7.11. The molecule has 0 aliphatic carbocycles. The topological polar surface area (TPSA) is 39.7 Å². The Hall–Kier alpha value is -0.820. The average molecular weight is 474 g/mol. The molecule has 1 aromatic carbocycles. The Labute approximate surface area is 178 Å². The van der Waals surface area contributed by atoms with E-state index in [1.165, 1.54) is 12.0 Å². The molecule has 0 aliphatic rings. The van der Waals surface area contributed by atoms with E-state index in [-0.39, 0.29) is 24.0 Å². The Bertz CT molecular complexity index is 476. The first-order chi connectivity index (χ1) is 12.0. The summed E-state index contributed by atoms with van der Waals surface area (Å²) in [7, 11) is 2.19. The van der Waals surface area contributed by atoms with Crippen LogP contribution in [0.2, 0.25) is 0 Å². The Balaban J connectivity index is 0.00000625. The molecular weight excluding hydrogens is 435 g/mol. The first kappa shape index (κ1) is 25.2. The maximum atomic E-state index is 4.73. The molecule has 0 bridgehead atoms. The van der Waals surface area contributed by atoms with E-state index >= 15 is 0 Å². The molecule has 150 valence electrons. The van der Waals surface area contributed by atoms with Crippen LogP contribution in [0, 0.1) is 0 Å². The van der Waals surface area contributed by atoms with Crippen molar-refractivity contribution in [3.8, 4) is 0 Å². The van der Waals surface area contributed by atoms with Crippen molar-refractivity contribution >= 4 is 29.9 Å². The molecule has 0 aromatic heterocycles. The van der Waals surface area contributed by atoms with E-state index in [2.05, 4.69) is 80.6 Å². The van der Waals surface area contributed by atoms with Crippen molar-refractivity contribution < 1.29 is 0 Å². The van der Waals surface area contributed by atoms with E-state index in [0.29, 0.717) is 12.1 Å². The van der Waals surface area contributed by atoms with E-state index in [0.717, 1.165) is 44.9 Å². The third-order valence-corrected chi connectivity index (χ3v) is 4.51. The van der Waals surface area contributed by atoms with Crippen molar-refractivity contribution in [1.29, 1.82) is 0 Å². The number of benzene rings is 1. The predicted molar refractivity (Wildman–Crippen MR) is 126 cm³/mol. The molecule has 0 aliphatic heterocycles. The molecule has 0 heterocycles. The van der Waals surface area contributed by atoms with Crippen LogP contribution in [-0.4, -0.2) is 49.6 Å². The van der Waals surface area contributed by atoms with Gasteiger partial charge in [-0.3, -0.25) is 4.99 Å². The second kappa shape index (κ2) is 15.3. The number of hydrogen-bond acceptors (Lipinski definition) is 2. The maximum absolute atomic E-state index is 4.73. The van der Waals surface area contributed by atoms with Gasteiger partial charge in [0.15, 0.2) is 5.96 Å². The quantitative estimate of drug-likeness (QED) is 0.218. The van der Waals surface area contributed by atoms with E-state index in [1.807, 2.05) is 0 Å². The summed E-state index contributed by atoms with van der Waals surface area (Å²) < 4.78 is 0. The summed E-state index contributed by atoms with van der Waals surface area (Å²) in [5.41, 5.74) is 1.40. The predicted octanol–water partition coefficient (Wildman–Crippen LogP) is 4.30. The number of rotatable bonds is 11. The number of nitrogens with zero attached hydrogens (tertiary/aromatic N) is 2. The molecule has 1 atom stereocenters. The number of halogens is 1. The molecule has 0 amide bonds. The highest BCUT2D eigenvalue weighted by atomic mass is 127. The van der Waals surface area contributed by atoms with Crippen LogP contribution in [0.15, 0.2) is 35.3 Å². The van der Waals surface area contributed by atoms with Gasteiger partial charge >= 0.3 is 0 Å². The summed E-state index contributed by atoms with van der Waals surface area (Å²) in [6.07, 6.45) is 4.52. The second-order valence-corrected chi connectivity index (χ2v) is 7.11. The fourth-order valence-electron chi connectivity index (χ4n) is 2.58. The van der Waals surface area contributed by atoms with Gasteiger partial charge in [-0.2, -0.15) is 0 Å².